The highest BCUT2D eigenvalue weighted by molar-refractivity contribution is 5.28. The Morgan fingerprint density at radius 2 is 2.10 bits per heavy atom. The Morgan fingerprint density at radius 3 is 2.80 bits per heavy atom. The topological polar surface area (TPSA) is 41.7 Å². The maximum atomic E-state index is 5.82. The molecule has 0 unspecified atom stereocenters. The molecule has 0 saturated carbocycles. The molecule has 1 heterocycles. The van der Waals surface area contributed by atoms with Gasteiger partial charge >= 0.3 is 0 Å². The SMILES string of the molecule is CN1CCC(N(C)CCOc2cccc(CN)c2)CC1. The van der Waals surface area contributed by atoms with Crippen molar-refractivity contribution in [2.45, 2.75) is 25.4 Å². The molecule has 2 N–H and O–H groups in total. The van der Waals surface area contributed by atoms with E-state index in [0.29, 0.717) is 12.6 Å². The lowest BCUT2D eigenvalue weighted by atomic mass is 10.0. The van der Waals surface area contributed by atoms with Gasteiger partial charge in [-0.05, 0) is 57.7 Å². The standard InChI is InChI=1S/C16H27N3O/c1-18-8-6-15(7-9-18)19(2)10-11-20-16-5-3-4-14(12-16)13-17/h3-5,12,15H,6-11,13,17H2,1-2H3. The number of rotatable bonds is 6. The van der Waals surface area contributed by atoms with Gasteiger partial charge in [0.05, 0.1) is 0 Å². The summed E-state index contributed by atoms with van der Waals surface area (Å²) >= 11 is 0. The predicted octanol–water partition coefficient (Wildman–Crippen LogP) is 1.55. The zero-order valence-electron chi connectivity index (χ0n) is 12.7. The van der Waals surface area contributed by atoms with Gasteiger partial charge in [-0.25, -0.2) is 0 Å². The quantitative estimate of drug-likeness (QED) is 0.856. The van der Waals surface area contributed by atoms with Gasteiger partial charge in [0, 0.05) is 19.1 Å². The van der Waals surface area contributed by atoms with Crippen LogP contribution in [0.2, 0.25) is 0 Å². The van der Waals surface area contributed by atoms with Crippen LogP contribution in [0, 0.1) is 0 Å². The summed E-state index contributed by atoms with van der Waals surface area (Å²) in [4.78, 5) is 4.83. The monoisotopic (exact) mass is 277 g/mol. The zero-order valence-corrected chi connectivity index (χ0v) is 12.7. The number of benzene rings is 1. The predicted molar refractivity (Wildman–Crippen MR) is 83.0 cm³/mol. The highest BCUT2D eigenvalue weighted by Crippen LogP contribution is 2.15. The molecule has 1 aromatic rings. The van der Waals surface area contributed by atoms with E-state index in [-0.39, 0.29) is 0 Å². The van der Waals surface area contributed by atoms with E-state index < -0.39 is 0 Å². The van der Waals surface area contributed by atoms with Gasteiger partial charge in [0.1, 0.15) is 12.4 Å². The van der Waals surface area contributed by atoms with Gasteiger partial charge < -0.3 is 15.4 Å². The summed E-state index contributed by atoms with van der Waals surface area (Å²) in [5, 5.41) is 0. The van der Waals surface area contributed by atoms with Crippen LogP contribution in [0.4, 0.5) is 0 Å². The van der Waals surface area contributed by atoms with E-state index in [0.717, 1.165) is 24.5 Å². The first-order chi connectivity index (χ1) is 9.69. The van der Waals surface area contributed by atoms with Crippen molar-refractivity contribution in [3.05, 3.63) is 29.8 Å². The lowest BCUT2D eigenvalue weighted by Crippen LogP contribution is -2.43. The molecule has 0 bridgehead atoms. The fourth-order valence-corrected chi connectivity index (χ4v) is 2.69. The van der Waals surface area contributed by atoms with Crippen LogP contribution in [-0.4, -0.2) is 56.2 Å². The third-order valence-electron chi connectivity index (χ3n) is 4.16. The maximum absolute atomic E-state index is 5.82. The van der Waals surface area contributed by atoms with E-state index >= 15 is 0 Å². The first kappa shape index (κ1) is 15.3. The Bertz CT molecular complexity index is 402. The van der Waals surface area contributed by atoms with Gasteiger partial charge in [-0.1, -0.05) is 12.1 Å². The van der Waals surface area contributed by atoms with Crippen LogP contribution >= 0.6 is 0 Å². The Kier molecular flexibility index (Phi) is 5.83. The van der Waals surface area contributed by atoms with Crippen LogP contribution in [0.15, 0.2) is 24.3 Å². The van der Waals surface area contributed by atoms with Gasteiger partial charge in [-0.3, -0.25) is 4.90 Å². The molecule has 0 amide bonds. The molecule has 2 rings (SSSR count). The molecule has 1 saturated heterocycles. The van der Waals surface area contributed by atoms with Crippen LogP contribution in [0.1, 0.15) is 18.4 Å². The normalized spacial score (nSPS) is 17.6. The third-order valence-corrected chi connectivity index (χ3v) is 4.16. The average Bonchev–Trinajstić information content (AvgIpc) is 2.48. The molecule has 0 atom stereocenters. The molecule has 112 valence electrons. The maximum Gasteiger partial charge on any atom is 0.119 e. The van der Waals surface area contributed by atoms with Gasteiger partial charge in [0.15, 0.2) is 0 Å². The Hall–Kier alpha value is -1.10. The van der Waals surface area contributed by atoms with E-state index in [4.69, 9.17) is 10.5 Å². The molecule has 0 radical (unpaired) electrons. The summed E-state index contributed by atoms with van der Waals surface area (Å²) in [6.07, 6.45) is 2.52. The van der Waals surface area contributed by atoms with Crippen LogP contribution in [0.5, 0.6) is 5.75 Å². The molecular weight excluding hydrogens is 250 g/mol. The third kappa shape index (κ3) is 4.47. The second-order valence-electron chi connectivity index (χ2n) is 5.72. The largest absolute Gasteiger partial charge is 0.492 e. The van der Waals surface area contributed by atoms with Gasteiger partial charge in [0.2, 0.25) is 0 Å². The molecule has 4 heteroatoms. The summed E-state index contributed by atoms with van der Waals surface area (Å²) in [5.74, 6) is 0.921. The lowest BCUT2D eigenvalue weighted by Gasteiger charge is -2.35. The van der Waals surface area contributed by atoms with Crippen molar-refractivity contribution in [1.29, 1.82) is 0 Å². The Balaban J connectivity index is 1.72. The van der Waals surface area contributed by atoms with E-state index in [1.54, 1.807) is 0 Å². The number of hydrogen-bond donors (Lipinski definition) is 1. The highest BCUT2D eigenvalue weighted by Gasteiger charge is 2.20. The molecule has 4 nitrogen and oxygen atoms in total. The van der Waals surface area contributed by atoms with Gasteiger partial charge in [0.25, 0.3) is 0 Å². The number of nitrogens with zero attached hydrogens (tertiary/aromatic N) is 2. The number of likely N-dealkylation sites (N-methyl/N-ethyl adjacent to an activating group) is 1. The summed E-state index contributed by atoms with van der Waals surface area (Å²) in [5.41, 5.74) is 6.75. The molecule has 0 spiro atoms. The van der Waals surface area contributed by atoms with E-state index in [2.05, 4.69) is 23.9 Å². The number of likely N-dealkylation sites (tertiary alicyclic amines) is 1. The molecule has 1 fully saturated rings. The Labute approximate surface area is 122 Å². The van der Waals surface area contributed by atoms with Gasteiger partial charge in [-0.2, -0.15) is 0 Å². The summed E-state index contributed by atoms with van der Waals surface area (Å²) in [7, 11) is 4.40. The van der Waals surface area contributed by atoms with E-state index in [1.165, 1.54) is 25.9 Å². The van der Waals surface area contributed by atoms with Gasteiger partial charge in [-0.15, -0.1) is 0 Å². The summed E-state index contributed by atoms with van der Waals surface area (Å²) < 4.78 is 5.82. The van der Waals surface area contributed by atoms with Crippen LogP contribution < -0.4 is 10.5 Å². The number of hydrogen-bond acceptors (Lipinski definition) is 4. The molecule has 0 aromatic heterocycles. The average molecular weight is 277 g/mol. The number of piperidine rings is 1. The molecule has 1 aliphatic rings. The smallest absolute Gasteiger partial charge is 0.119 e. The molecule has 1 aliphatic heterocycles. The van der Waals surface area contributed by atoms with Crippen molar-refractivity contribution in [2.24, 2.45) is 5.73 Å². The highest BCUT2D eigenvalue weighted by atomic mass is 16.5. The summed E-state index contributed by atoms with van der Waals surface area (Å²) in [6, 6.07) is 8.74. The van der Waals surface area contributed by atoms with Crippen molar-refractivity contribution < 1.29 is 4.74 Å². The fourth-order valence-electron chi connectivity index (χ4n) is 2.69. The molecule has 20 heavy (non-hydrogen) atoms. The zero-order chi connectivity index (χ0) is 14.4. The molecule has 1 aromatic carbocycles. The minimum absolute atomic E-state index is 0.562. The minimum atomic E-state index is 0.562. The minimum Gasteiger partial charge on any atom is -0.492 e. The van der Waals surface area contributed by atoms with E-state index in [9.17, 15) is 0 Å². The molecule has 0 aliphatic carbocycles. The van der Waals surface area contributed by atoms with Crippen LogP contribution in [0.3, 0.4) is 0 Å². The first-order valence-electron chi connectivity index (χ1n) is 7.49. The van der Waals surface area contributed by atoms with Crippen molar-refractivity contribution >= 4 is 0 Å². The Morgan fingerprint density at radius 1 is 1.35 bits per heavy atom. The fraction of sp³-hybridized carbons (Fsp3) is 0.625. The first-order valence-corrected chi connectivity index (χ1v) is 7.49. The van der Waals surface area contributed by atoms with Crippen LogP contribution in [-0.2, 0) is 6.54 Å². The van der Waals surface area contributed by atoms with Crippen molar-refractivity contribution in [3.8, 4) is 5.75 Å². The lowest BCUT2D eigenvalue weighted by molar-refractivity contribution is 0.127. The van der Waals surface area contributed by atoms with Crippen molar-refractivity contribution in [1.82, 2.24) is 9.80 Å². The number of nitrogens with two attached hydrogens (primary N) is 1. The summed E-state index contributed by atoms with van der Waals surface area (Å²) in [6.45, 7) is 4.67. The number of ether oxygens (including phenoxy) is 1. The molecular formula is C16H27N3O. The van der Waals surface area contributed by atoms with Crippen molar-refractivity contribution in [3.63, 3.8) is 0 Å². The van der Waals surface area contributed by atoms with Crippen molar-refractivity contribution in [2.75, 3.05) is 40.3 Å². The van der Waals surface area contributed by atoms with E-state index in [1.807, 2.05) is 24.3 Å². The second-order valence-corrected chi connectivity index (χ2v) is 5.72. The van der Waals surface area contributed by atoms with Crippen LogP contribution in [0.25, 0.3) is 0 Å². The second kappa shape index (κ2) is 7.62.